The van der Waals surface area contributed by atoms with Gasteiger partial charge in [-0.1, -0.05) is 24.3 Å². The van der Waals surface area contributed by atoms with Gasteiger partial charge in [0.1, 0.15) is 5.75 Å². The van der Waals surface area contributed by atoms with Gasteiger partial charge in [-0.15, -0.1) is 11.3 Å². The van der Waals surface area contributed by atoms with Gasteiger partial charge in [-0.05, 0) is 48.7 Å². The zero-order chi connectivity index (χ0) is 19.2. The Bertz CT molecular complexity index is 921. The van der Waals surface area contributed by atoms with Crippen LogP contribution in [0, 0.1) is 0 Å². The molecule has 0 aliphatic heterocycles. The van der Waals surface area contributed by atoms with Crippen molar-refractivity contribution in [2.75, 3.05) is 12.4 Å². The Balaban J connectivity index is 1.64. The number of rotatable bonds is 6. The number of hydrogen-bond acceptors (Lipinski definition) is 4. The lowest BCUT2D eigenvalue weighted by Crippen LogP contribution is -2.26. The quantitative estimate of drug-likeness (QED) is 0.662. The molecule has 0 saturated heterocycles. The summed E-state index contributed by atoms with van der Waals surface area (Å²) >= 11 is 1.38. The van der Waals surface area contributed by atoms with Crippen molar-refractivity contribution in [3.8, 4) is 5.75 Å². The molecule has 0 fully saturated rings. The van der Waals surface area contributed by atoms with Crippen molar-refractivity contribution in [2.45, 2.75) is 13.0 Å². The van der Waals surface area contributed by atoms with Crippen LogP contribution in [0.2, 0.25) is 0 Å². The molecule has 0 aliphatic rings. The highest BCUT2D eigenvalue weighted by Gasteiger charge is 2.15. The Morgan fingerprint density at radius 3 is 2.37 bits per heavy atom. The minimum Gasteiger partial charge on any atom is -0.496 e. The molecule has 1 heterocycles. The van der Waals surface area contributed by atoms with E-state index >= 15 is 0 Å². The van der Waals surface area contributed by atoms with Crippen LogP contribution in [0.1, 0.15) is 38.6 Å². The van der Waals surface area contributed by atoms with Crippen LogP contribution in [-0.2, 0) is 0 Å². The van der Waals surface area contributed by atoms with Crippen molar-refractivity contribution in [1.29, 1.82) is 0 Å². The summed E-state index contributed by atoms with van der Waals surface area (Å²) in [6, 6.07) is 17.8. The van der Waals surface area contributed by atoms with E-state index in [-0.39, 0.29) is 17.9 Å². The molecule has 0 aliphatic carbocycles. The molecule has 0 radical (unpaired) electrons. The molecular weight excluding hydrogens is 360 g/mol. The third kappa shape index (κ3) is 4.54. The first-order valence-corrected chi connectivity index (χ1v) is 9.35. The van der Waals surface area contributed by atoms with Gasteiger partial charge in [0.15, 0.2) is 0 Å². The highest BCUT2D eigenvalue weighted by atomic mass is 32.1. The van der Waals surface area contributed by atoms with Gasteiger partial charge in [-0.2, -0.15) is 0 Å². The summed E-state index contributed by atoms with van der Waals surface area (Å²) in [5, 5.41) is 7.63. The summed E-state index contributed by atoms with van der Waals surface area (Å²) in [5.74, 6) is 0.383. The number of nitrogens with one attached hydrogen (secondary N) is 2. The van der Waals surface area contributed by atoms with Gasteiger partial charge in [-0.25, -0.2) is 0 Å². The van der Waals surface area contributed by atoms with E-state index in [9.17, 15) is 9.59 Å². The molecule has 3 rings (SSSR count). The molecule has 0 bridgehead atoms. The van der Waals surface area contributed by atoms with E-state index in [0.29, 0.717) is 16.1 Å². The number of benzene rings is 2. The largest absolute Gasteiger partial charge is 0.496 e. The number of carbonyl (C=O) groups excluding carboxylic acids is 2. The summed E-state index contributed by atoms with van der Waals surface area (Å²) in [7, 11) is 1.61. The second kappa shape index (κ2) is 8.51. The third-order valence-electron chi connectivity index (χ3n) is 4.10. The fraction of sp³-hybridized carbons (Fsp3) is 0.143. The Morgan fingerprint density at radius 2 is 1.70 bits per heavy atom. The maximum absolute atomic E-state index is 12.5. The van der Waals surface area contributed by atoms with Gasteiger partial charge in [0.05, 0.1) is 18.0 Å². The number of para-hydroxylation sites is 1. The zero-order valence-electron chi connectivity index (χ0n) is 15.1. The Kier molecular flexibility index (Phi) is 5.88. The average molecular weight is 380 g/mol. The van der Waals surface area contributed by atoms with Crippen LogP contribution < -0.4 is 15.4 Å². The van der Waals surface area contributed by atoms with Gasteiger partial charge >= 0.3 is 0 Å². The molecule has 3 aromatic rings. The zero-order valence-corrected chi connectivity index (χ0v) is 15.9. The van der Waals surface area contributed by atoms with Gasteiger partial charge < -0.3 is 15.4 Å². The minimum atomic E-state index is -0.202. The Hall–Kier alpha value is -3.12. The average Bonchev–Trinajstić information content (AvgIpc) is 3.23. The SMILES string of the molecule is COc1ccccc1C(C)NC(=O)c1ccc(NC(=O)c2cccs2)cc1. The number of methoxy groups -OCH3 is 1. The van der Waals surface area contributed by atoms with Crippen LogP contribution in [0.15, 0.2) is 66.0 Å². The van der Waals surface area contributed by atoms with Gasteiger partial charge in [-0.3, -0.25) is 9.59 Å². The van der Waals surface area contributed by atoms with Crippen molar-refractivity contribution < 1.29 is 14.3 Å². The standard InChI is InChI=1S/C21H20N2O3S/c1-14(17-6-3-4-7-18(17)26-2)22-20(24)15-9-11-16(12-10-15)23-21(25)19-8-5-13-27-19/h3-14H,1-2H3,(H,22,24)(H,23,25). The second-order valence-electron chi connectivity index (χ2n) is 5.95. The van der Waals surface area contributed by atoms with Crippen LogP contribution in [0.3, 0.4) is 0 Å². The molecule has 0 saturated carbocycles. The number of carbonyl (C=O) groups is 2. The smallest absolute Gasteiger partial charge is 0.265 e. The van der Waals surface area contributed by atoms with Gasteiger partial charge in [0.2, 0.25) is 0 Å². The monoisotopic (exact) mass is 380 g/mol. The van der Waals surface area contributed by atoms with Crippen LogP contribution in [-0.4, -0.2) is 18.9 Å². The van der Waals surface area contributed by atoms with E-state index in [1.54, 1.807) is 37.4 Å². The van der Waals surface area contributed by atoms with E-state index in [2.05, 4.69) is 10.6 Å². The molecule has 138 valence electrons. The van der Waals surface area contributed by atoms with E-state index in [4.69, 9.17) is 4.74 Å². The lowest BCUT2D eigenvalue weighted by Gasteiger charge is -2.17. The van der Waals surface area contributed by atoms with Crippen molar-refractivity contribution in [3.63, 3.8) is 0 Å². The molecule has 5 nitrogen and oxygen atoms in total. The third-order valence-corrected chi connectivity index (χ3v) is 4.97. The first-order valence-electron chi connectivity index (χ1n) is 8.47. The van der Waals surface area contributed by atoms with E-state index in [0.717, 1.165) is 11.3 Å². The number of hydrogen-bond donors (Lipinski definition) is 2. The van der Waals surface area contributed by atoms with E-state index in [1.165, 1.54) is 11.3 Å². The van der Waals surface area contributed by atoms with E-state index < -0.39 is 0 Å². The molecule has 0 spiro atoms. The molecule has 6 heteroatoms. The highest BCUT2D eigenvalue weighted by Crippen LogP contribution is 2.24. The first kappa shape index (κ1) is 18.7. The lowest BCUT2D eigenvalue weighted by atomic mass is 10.1. The minimum absolute atomic E-state index is 0.160. The summed E-state index contributed by atoms with van der Waals surface area (Å²) < 4.78 is 5.35. The lowest BCUT2D eigenvalue weighted by molar-refractivity contribution is 0.0939. The normalized spacial score (nSPS) is 11.5. The van der Waals surface area contributed by atoms with Crippen LogP contribution in [0.5, 0.6) is 5.75 Å². The molecule has 27 heavy (non-hydrogen) atoms. The van der Waals surface area contributed by atoms with Gasteiger partial charge in [0.25, 0.3) is 11.8 Å². The number of thiophene rings is 1. The van der Waals surface area contributed by atoms with Crippen LogP contribution >= 0.6 is 11.3 Å². The van der Waals surface area contributed by atoms with E-state index in [1.807, 2.05) is 42.6 Å². The predicted octanol–water partition coefficient (Wildman–Crippen LogP) is 4.50. The van der Waals surface area contributed by atoms with Gasteiger partial charge in [0, 0.05) is 16.8 Å². The summed E-state index contributed by atoms with van der Waals surface area (Å²) in [6.07, 6.45) is 0. The number of anilines is 1. The number of amides is 2. The molecule has 1 unspecified atom stereocenters. The van der Waals surface area contributed by atoms with Crippen molar-refractivity contribution in [3.05, 3.63) is 82.0 Å². The van der Waals surface area contributed by atoms with Crippen LogP contribution in [0.25, 0.3) is 0 Å². The first-order chi connectivity index (χ1) is 13.1. The fourth-order valence-corrected chi connectivity index (χ4v) is 3.31. The van der Waals surface area contributed by atoms with Crippen molar-refractivity contribution in [2.24, 2.45) is 0 Å². The molecular formula is C21H20N2O3S. The summed E-state index contributed by atoms with van der Waals surface area (Å²) in [5.41, 5.74) is 2.07. The maximum atomic E-state index is 12.5. The van der Waals surface area contributed by atoms with Crippen molar-refractivity contribution >= 4 is 28.8 Å². The molecule has 2 amide bonds. The molecule has 1 aromatic heterocycles. The molecule has 2 aromatic carbocycles. The molecule has 2 N–H and O–H groups in total. The highest BCUT2D eigenvalue weighted by molar-refractivity contribution is 7.12. The maximum Gasteiger partial charge on any atom is 0.265 e. The summed E-state index contributed by atoms with van der Waals surface area (Å²) in [6.45, 7) is 1.91. The van der Waals surface area contributed by atoms with Crippen LogP contribution in [0.4, 0.5) is 5.69 Å². The van der Waals surface area contributed by atoms with Crippen molar-refractivity contribution in [1.82, 2.24) is 5.32 Å². The Morgan fingerprint density at radius 1 is 0.963 bits per heavy atom. The number of ether oxygens (including phenoxy) is 1. The molecule has 1 atom stereocenters. The summed E-state index contributed by atoms with van der Waals surface area (Å²) in [4.78, 5) is 25.2. The topological polar surface area (TPSA) is 67.4 Å². The second-order valence-corrected chi connectivity index (χ2v) is 6.89. The Labute approximate surface area is 162 Å². The fourth-order valence-electron chi connectivity index (χ4n) is 2.69. The predicted molar refractivity (Wildman–Crippen MR) is 108 cm³/mol.